The summed E-state index contributed by atoms with van der Waals surface area (Å²) in [5, 5.41) is 20.6. The number of carboxylic acid groups (broad SMARTS) is 1. The van der Waals surface area contributed by atoms with Crippen molar-refractivity contribution < 1.29 is 15.0 Å². The molecule has 2 saturated carbocycles. The van der Waals surface area contributed by atoms with Crippen LogP contribution in [-0.4, -0.2) is 21.8 Å². The molecule has 19 heavy (non-hydrogen) atoms. The first-order valence-corrected chi connectivity index (χ1v) is 7.92. The molecule has 2 fully saturated rings. The lowest BCUT2D eigenvalue weighted by molar-refractivity contribution is -0.179. The molecule has 0 unspecified atom stereocenters. The second kappa shape index (κ2) is 5.82. The van der Waals surface area contributed by atoms with Crippen LogP contribution in [0.2, 0.25) is 0 Å². The van der Waals surface area contributed by atoms with E-state index in [-0.39, 0.29) is 11.8 Å². The van der Waals surface area contributed by atoms with Crippen LogP contribution in [-0.2, 0) is 4.79 Å². The highest BCUT2D eigenvalue weighted by Gasteiger charge is 2.51. The van der Waals surface area contributed by atoms with Crippen LogP contribution in [0.1, 0.15) is 65.2 Å². The Morgan fingerprint density at radius 3 is 2.11 bits per heavy atom. The molecular formula is C16H28O3. The first kappa shape index (κ1) is 14.8. The van der Waals surface area contributed by atoms with Crippen LogP contribution in [0.3, 0.4) is 0 Å². The number of carboxylic acids is 1. The lowest BCUT2D eigenvalue weighted by Crippen LogP contribution is -2.54. The van der Waals surface area contributed by atoms with Gasteiger partial charge in [-0.3, -0.25) is 0 Å². The number of hydrogen-bond donors (Lipinski definition) is 2. The molecule has 2 rings (SSSR count). The van der Waals surface area contributed by atoms with E-state index in [0.717, 1.165) is 44.9 Å². The Hall–Kier alpha value is -0.570. The van der Waals surface area contributed by atoms with Gasteiger partial charge in [-0.2, -0.15) is 0 Å². The molecule has 4 atom stereocenters. The molecule has 0 spiro atoms. The zero-order valence-electron chi connectivity index (χ0n) is 12.3. The van der Waals surface area contributed by atoms with Crippen molar-refractivity contribution in [1.82, 2.24) is 0 Å². The standard InChI is InChI=1S/C16H28O3/c1-11-8-9-14(10-12(11)2)16(19,15(17)18)13-6-4-3-5-7-13/h11-14,19H,3-10H2,1-2H3,(H,17,18)/t11-,12+,14-,16+/m1/s1. The SMILES string of the molecule is C[C@@H]1CC[C@@H]([C@](O)(C(=O)O)C2CCCCC2)C[C@@H]1C. The highest BCUT2D eigenvalue weighted by molar-refractivity contribution is 5.78. The van der Waals surface area contributed by atoms with Gasteiger partial charge in [0, 0.05) is 0 Å². The van der Waals surface area contributed by atoms with Crippen LogP contribution in [0.25, 0.3) is 0 Å². The minimum Gasteiger partial charge on any atom is -0.479 e. The number of carbonyl (C=O) groups is 1. The van der Waals surface area contributed by atoms with Crippen LogP contribution in [0, 0.1) is 23.7 Å². The molecule has 0 saturated heterocycles. The summed E-state index contributed by atoms with van der Waals surface area (Å²) >= 11 is 0. The van der Waals surface area contributed by atoms with Gasteiger partial charge in [-0.25, -0.2) is 4.79 Å². The van der Waals surface area contributed by atoms with Crippen LogP contribution in [0.15, 0.2) is 0 Å². The van der Waals surface area contributed by atoms with E-state index in [1.54, 1.807) is 0 Å². The van der Waals surface area contributed by atoms with Crippen LogP contribution < -0.4 is 0 Å². The fraction of sp³-hybridized carbons (Fsp3) is 0.938. The van der Waals surface area contributed by atoms with E-state index < -0.39 is 11.6 Å². The summed E-state index contributed by atoms with van der Waals surface area (Å²) in [4.78, 5) is 11.8. The summed E-state index contributed by atoms with van der Waals surface area (Å²) in [5.74, 6) is 0.101. The lowest BCUT2D eigenvalue weighted by atomic mass is 9.63. The minimum atomic E-state index is -1.48. The van der Waals surface area contributed by atoms with Crippen molar-refractivity contribution in [2.45, 2.75) is 70.8 Å². The topological polar surface area (TPSA) is 57.5 Å². The van der Waals surface area contributed by atoms with Crippen molar-refractivity contribution in [1.29, 1.82) is 0 Å². The van der Waals surface area contributed by atoms with Crippen molar-refractivity contribution in [3.05, 3.63) is 0 Å². The van der Waals surface area contributed by atoms with E-state index in [0.29, 0.717) is 11.8 Å². The molecule has 0 aromatic rings. The van der Waals surface area contributed by atoms with Gasteiger partial charge in [0.1, 0.15) is 0 Å². The van der Waals surface area contributed by atoms with E-state index in [1.807, 2.05) is 0 Å². The maximum atomic E-state index is 11.8. The molecule has 2 N–H and O–H groups in total. The van der Waals surface area contributed by atoms with Gasteiger partial charge in [-0.15, -0.1) is 0 Å². The third-order valence-electron chi connectivity index (χ3n) is 5.79. The number of hydrogen-bond acceptors (Lipinski definition) is 2. The van der Waals surface area contributed by atoms with E-state index in [2.05, 4.69) is 13.8 Å². The number of aliphatic hydroxyl groups is 1. The molecule has 2 aliphatic carbocycles. The maximum Gasteiger partial charge on any atom is 0.336 e. The third-order valence-corrected chi connectivity index (χ3v) is 5.79. The quantitative estimate of drug-likeness (QED) is 0.824. The van der Waals surface area contributed by atoms with Gasteiger partial charge in [0.2, 0.25) is 0 Å². The maximum absolute atomic E-state index is 11.8. The average Bonchev–Trinajstić information content (AvgIpc) is 2.41. The molecule has 3 nitrogen and oxygen atoms in total. The van der Waals surface area contributed by atoms with Gasteiger partial charge < -0.3 is 10.2 Å². The van der Waals surface area contributed by atoms with Crippen LogP contribution in [0.5, 0.6) is 0 Å². The molecule has 0 bridgehead atoms. The molecule has 0 amide bonds. The summed E-state index contributed by atoms with van der Waals surface area (Å²) in [6, 6.07) is 0. The number of aliphatic carboxylic acids is 1. The largest absolute Gasteiger partial charge is 0.479 e. The summed E-state index contributed by atoms with van der Waals surface area (Å²) < 4.78 is 0. The summed E-state index contributed by atoms with van der Waals surface area (Å²) in [7, 11) is 0. The van der Waals surface area contributed by atoms with Crippen molar-refractivity contribution in [3.8, 4) is 0 Å². The van der Waals surface area contributed by atoms with Crippen molar-refractivity contribution in [2.24, 2.45) is 23.7 Å². The zero-order valence-corrected chi connectivity index (χ0v) is 12.3. The Kier molecular flexibility index (Phi) is 4.54. The zero-order chi connectivity index (χ0) is 14.0. The van der Waals surface area contributed by atoms with Gasteiger partial charge >= 0.3 is 5.97 Å². The Balaban J connectivity index is 2.16. The summed E-state index contributed by atoms with van der Waals surface area (Å²) in [6.45, 7) is 4.43. The van der Waals surface area contributed by atoms with Gasteiger partial charge in [0.05, 0.1) is 0 Å². The van der Waals surface area contributed by atoms with Crippen LogP contribution >= 0.6 is 0 Å². The molecule has 0 aromatic carbocycles. The van der Waals surface area contributed by atoms with Gasteiger partial charge in [0.15, 0.2) is 5.60 Å². The van der Waals surface area contributed by atoms with E-state index in [9.17, 15) is 15.0 Å². The Bertz CT molecular complexity index is 322. The smallest absolute Gasteiger partial charge is 0.336 e. The Labute approximate surface area is 116 Å². The highest BCUT2D eigenvalue weighted by Crippen LogP contribution is 2.45. The number of rotatable bonds is 3. The molecule has 0 aromatic heterocycles. The van der Waals surface area contributed by atoms with Crippen molar-refractivity contribution in [2.75, 3.05) is 0 Å². The summed E-state index contributed by atoms with van der Waals surface area (Å²) in [6.07, 6.45) is 7.86. The van der Waals surface area contributed by atoms with Crippen molar-refractivity contribution >= 4 is 5.97 Å². The minimum absolute atomic E-state index is 0.0376. The predicted octanol–water partition coefficient (Wildman–Crippen LogP) is 3.45. The molecule has 0 aliphatic heterocycles. The molecular weight excluding hydrogens is 240 g/mol. The monoisotopic (exact) mass is 268 g/mol. The molecule has 110 valence electrons. The van der Waals surface area contributed by atoms with Gasteiger partial charge in [-0.05, 0) is 49.4 Å². The Morgan fingerprint density at radius 2 is 1.58 bits per heavy atom. The summed E-state index contributed by atoms with van der Waals surface area (Å²) in [5.41, 5.74) is -1.48. The predicted molar refractivity (Wildman–Crippen MR) is 74.8 cm³/mol. The second-order valence-electron chi connectivity index (χ2n) is 6.93. The van der Waals surface area contributed by atoms with E-state index in [4.69, 9.17) is 0 Å². The van der Waals surface area contributed by atoms with Crippen LogP contribution in [0.4, 0.5) is 0 Å². The fourth-order valence-corrected chi connectivity index (χ4v) is 4.17. The fourth-order valence-electron chi connectivity index (χ4n) is 4.17. The van der Waals surface area contributed by atoms with Crippen molar-refractivity contribution in [3.63, 3.8) is 0 Å². The normalized spacial score (nSPS) is 36.7. The molecule has 0 heterocycles. The first-order chi connectivity index (χ1) is 8.96. The van der Waals surface area contributed by atoms with Gasteiger partial charge in [0.25, 0.3) is 0 Å². The van der Waals surface area contributed by atoms with E-state index >= 15 is 0 Å². The first-order valence-electron chi connectivity index (χ1n) is 7.92. The molecule has 2 aliphatic rings. The average molecular weight is 268 g/mol. The molecule has 3 heteroatoms. The van der Waals surface area contributed by atoms with Gasteiger partial charge in [-0.1, -0.05) is 39.5 Å². The lowest BCUT2D eigenvalue weighted by Gasteiger charge is -2.44. The van der Waals surface area contributed by atoms with E-state index in [1.165, 1.54) is 6.42 Å². The highest BCUT2D eigenvalue weighted by atomic mass is 16.4. The molecule has 0 radical (unpaired) electrons. The second-order valence-corrected chi connectivity index (χ2v) is 6.93. The Morgan fingerprint density at radius 1 is 0.947 bits per heavy atom. The third kappa shape index (κ3) is 2.81.